The Hall–Kier alpha value is -1.92. The molecule has 6 heteroatoms. The fraction of sp³-hybridized carbons (Fsp3) is 0.312. The predicted molar refractivity (Wildman–Crippen MR) is 83.2 cm³/mol. The van der Waals surface area contributed by atoms with Gasteiger partial charge in [-0.15, -0.1) is 0 Å². The first kappa shape index (κ1) is 15.0. The highest BCUT2D eigenvalue weighted by Crippen LogP contribution is 2.23. The summed E-state index contributed by atoms with van der Waals surface area (Å²) in [4.78, 5) is 4.44. The second kappa shape index (κ2) is 6.06. The summed E-state index contributed by atoms with van der Waals surface area (Å²) in [5.41, 5.74) is 1.04. The molecule has 5 nitrogen and oxygen atoms in total. The van der Waals surface area contributed by atoms with Crippen LogP contribution in [0.25, 0.3) is 0 Å². The lowest BCUT2D eigenvalue weighted by atomic mass is 10.2. The van der Waals surface area contributed by atoms with Crippen molar-refractivity contribution >= 4 is 10.0 Å². The third-order valence-corrected chi connectivity index (χ3v) is 5.57. The highest BCUT2D eigenvalue weighted by molar-refractivity contribution is 7.89. The maximum Gasteiger partial charge on any atom is 0.243 e. The van der Waals surface area contributed by atoms with Crippen LogP contribution in [0.2, 0.25) is 0 Å². The molecular formula is C16H18N2O3S. The Morgan fingerprint density at radius 2 is 1.95 bits per heavy atom. The van der Waals surface area contributed by atoms with E-state index in [2.05, 4.69) is 4.98 Å². The number of rotatable bonds is 4. The molecule has 0 saturated carbocycles. The summed E-state index contributed by atoms with van der Waals surface area (Å²) in [7, 11) is -3.45. The Morgan fingerprint density at radius 3 is 2.64 bits per heavy atom. The molecular weight excluding hydrogens is 300 g/mol. The van der Waals surface area contributed by atoms with Crippen molar-refractivity contribution in [1.82, 2.24) is 9.29 Å². The van der Waals surface area contributed by atoms with Gasteiger partial charge in [-0.1, -0.05) is 23.8 Å². The monoisotopic (exact) mass is 318 g/mol. The normalized spacial score (nSPS) is 19.2. The number of benzene rings is 1. The van der Waals surface area contributed by atoms with Gasteiger partial charge >= 0.3 is 0 Å². The van der Waals surface area contributed by atoms with Crippen molar-refractivity contribution in [3.8, 4) is 5.88 Å². The minimum Gasteiger partial charge on any atom is -0.473 e. The van der Waals surface area contributed by atoms with Crippen molar-refractivity contribution in [2.24, 2.45) is 0 Å². The van der Waals surface area contributed by atoms with Crippen LogP contribution in [0.1, 0.15) is 12.0 Å². The molecule has 1 aliphatic rings. The molecule has 116 valence electrons. The summed E-state index contributed by atoms with van der Waals surface area (Å²) in [5, 5.41) is 0. The molecule has 0 amide bonds. The number of ether oxygens (including phenoxy) is 1. The lowest BCUT2D eigenvalue weighted by molar-refractivity contribution is 0.207. The van der Waals surface area contributed by atoms with E-state index in [-0.39, 0.29) is 6.10 Å². The van der Waals surface area contributed by atoms with Gasteiger partial charge in [-0.3, -0.25) is 0 Å². The molecule has 0 spiro atoms. The van der Waals surface area contributed by atoms with Crippen LogP contribution in [0.3, 0.4) is 0 Å². The van der Waals surface area contributed by atoms with Crippen LogP contribution in [0.4, 0.5) is 0 Å². The topological polar surface area (TPSA) is 59.5 Å². The number of pyridine rings is 1. The minimum atomic E-state index is -3.45. The van der Waals surface area contributed by atoms with Gasteiger partial charge in [-0.05, 0) is 31.5 Å². The molecule has 1 aromatic heterocycles. The van der Waals surface area contributed by atoms with Gasteiger partial charge in [0.05, 0.1) is 11.4 Å². The van der Waals surface area contributed by atoms with E-state index in [1.165, 1.54) is 4.31 Å². The van der Waals surface area contributed by atoms with Crippen molar-refractivity contribution in [3.63, 3.8) is 0 Å². The summed E-state index contributed by atoms with van der Waals surface area (Å²) in [6, 6.07) is 12.4. The van der Waals surface area contributed by atoms with Crippen molar-refractivity contribution < 1.29 is 13.2 Å². The molecule has 1 saturated heterocycles. The van der Waals surface area contributed by atoms with Crippen molar-refractivity contribution in [2.75, 3.05) is 13.1 Å². The number of nitrogens with zero attached hydrogens (tertiary/aromatic N) is 2. The lowest BCUT2D eigenvalue weighted by Gasteiger charge is -2.17. The summed E-state index contributed by atoms with van der Waals surface area (Å²) in [6.45, 7) is 2.75. The largest absolute Gasteiger partial charge is 0.473 e. The fourth-order valence-electron chi connectivity index (χ4n) is 2.46. The average Bonchev–Trinajstić information content (AvgIpc) is 2.98. The molecule has 0 aliphatic carbocycles. The van der Waals surface area contributed by atoms with E-state index in [1.54, 1.807) is 24.4 Å². The molecule has 3 rings (SSSR count). The van der Waals surface area contributed by atoms with Gasteiger partial charge in [-0.25, -0.2) is 13.4 Å². The number of sulfonamides is 1. The zero-order valence-corrected chi connectivity index (χ0v) is 13.2. The van der Waals surface area contributed by atoms with E-state index in [0.29, 0.717) is 30.3 Å². The second-order valence-electron chi connectivity index (χ2n) is 5.37. The molecule has 0 N–H and O–H groups in total. The second-order valence-corrected chi connectivity index (χ2v) is 7.31. The predicted octanol–water partition coefficient (Wildman–Crippen LogP) is 2.23. The fourth-order valence-corrected chi connectivity index (χ4v) is 3.95. The van der Waals surface area contributed by atoms with E-state index < -0.39 is 10.0 Å². The average molecular weight is 318 g/mol. The number of hydrogen-bond donors (Lipinski definition) is 0. The van der Waals surface area contributed by atoms with E-state index >= 15 is 0 Å². The molecule has 1 aromatic carbocycles. The molecule has 2 aromatic rings. The van der Waals surface area contributed by atoms with Gasteiger partial charge < -0.3 is 4.74 Å². The lowest BCUT2D eigenvalue weighted by Crippen LogP contribution is -2.31. The molecule has 0 bridgehead atoms. The summed E-state index contributed by atoms with van der Waals surface area (Å²) in [5.74, 6) is 0.530. The molecule has 22 heavy (non-hydrogen) atoms. The van der Waals surface area contributed by atoms with E-state index in [0.717, 1.165) is 5.56 Å². The molecule has 1 unspecified atom stereocenters. The highest BCUT2D eigenvalue weighted by atomic mass is 32.2. The summed E-state index contributed by atoms with van der Waals surface area (Å²) >= 11 is 0. The van der Waals surface area contributed by atoms with Gasteiger partial charge in [0.2, 0.25) is 15.9 Å². The first-order chi connectivity index (χ1) is 10.6. The van der Waals surface area contributed by atoms with E-state index in [1.807, 2.05) is 31.2 Å². The van der Waals surface area contributed by atoms with Crippen LogP contribution in [0, 0.1) is 6.92 Å². The first-order valence-corrected chi connectivity index (χ1v) is 8.64. The zero-order valence-electron chi connectivity index (χ0n) is 12.3. The maximum absolute atomic E-state index is 12.6. The van der Waals surface area contributed by atoms with Crippen LogP contribution in [-0.2, 0) is 10.0 Å². The smallest absolute Gasteiger partial charge is 0.243 e. The molecule has 1 fully saturated rings. The minimum absolute atomic E-state index is 0.157. The van der Waals surface area contributed by atoms with Crippen molar-refractivity contribution in [1.29, 1.82) is 0 Å². The summed E-state index contributed by atoms with van der Waals surface area (Å²) in [6.07, 6.45) is 2.17. The number of aryl methyl sites for hydroxylation is 1. The van der Waals surface area contributed by atoms with Gasteiger partial charge in [0.1, 0.15) is 6.10 Å². The van der Waals surface area contributed by atoms with Crippen LogP contribution in [0.15, 0.2) is 53.6 Å². The zero-order chi connectivity index (χ0) is 15.6. The van der Waals surface area contributed by atoms with Gasteiger partial charge in [0.15, 0.2) is 0 Å². The van der Waals surface area contributed by atoms with E-state index in [4.69, 9.17) is 4.74 Å². The Kier molecular flexibility index (Phi) is 4.13. The van der Waals surface area contributed by atoms with Crippen LogP contribution in [0.5, 0.6) is 5.88 Å². The third-order valence-electron chi connectivity index (χ3n) is 3.69. The Balaban J connectivity index is 1.70. The van der Waals surface area contributed by atoms with Gasteiger partial charge in [0.25, 0.3) is 0 Å². The Labute approximate surface area is 130 Å². The third kappa shape index (κ3) is 3.13. The Morgan fingerprint density at radius 1 is 1.18 bits per heavy atom. The quantitative estimate of drug-likeness (QED) is 0.867. The molecule has 2 heterocycles. The standard InChI is InChI=1S/C16H18N2O3S/c1-13-5-7-15(8-6-13)22(19,20)18-11-9-14(12-18)21-16-4-2-3-10-17-16/h2-8,10,14H,9,11-12H2,1H3. The SMILES string of the molecule is Cc1ccc(S(=O)(=O)N2CCC(Oc3ccccn3)C2)cc1. The molecule has 0 radical (unpaired) electrons. The van der Waals surface area contributed by atoms with Crippen molar-refractivity contribution in [3.05, 3.63) is 54.2 Å². The van der Waals surface area contributed by atoms with Gasteiger partial charge in [0, 0.05) is 18.8 Å². The van der Waals surface area contributed by atoms with Gasteiger partial charge in [-0.2, -0.15) is 4.31 Å². The molecule has 1 atom stereocenters. The van der Waals surface area contributed by atoms with Crippen LogP contribution in [-0.4, -0.2) is 36.9 Å². The number of aromatic nitrogens is 1. The van der Waals surface area contributed by atoms with Crippen LogP contribution >= 0.6 is 0 Å². The van der Waals surface area contributed by atoms with E-state index in [9.17, 15) is 8.42 Å². The Bertz CT molecular complexity index is 730. The molecule has 1 aliphatic heterocycles. The first-order valence-electron chi connectivity index (χ1n) is 7.20. The van der Waals surface area contributed by atoms with Crippen LogP contribution < -0.4 is 4.74 Å². The summed E-state index contributed by atoms with van der Waals surface area (Å²) < 4.78 is 32.4. The number of hydrogen-bond acceptors (Lipinski definition) is 4. The maximum atomic E-state index is 12.6. The highest BCUT2D eigenvalue weighted by Gasteiger charge is 2.33. The van der Waals surface area contributed by atoms with Crippen molar-refractivity contribution in [2.45, 2.75) is 24.3 Å².